The molecule has 1 rings (SSSR count). The molecule has 1 amide bonds. The molecule has 0 aromatic heterocycles. The quantitative estimate of drug-likeness (QED) is 0.832. The van der Waals surface area contributed by atoms with Crippen LogP contribution in [0.2, 0.25) is 0 Å². The van der Waals surface area contributed by atoms with E-state index in [1.807, 2.05) is 18.9 Å². The Balaban J connectivity index is 0.00000225. The van der Waals surface area contributed by atoms with Crippen LogP contribution < -0.4 is 5.73 Å². The van der Waals surface area contributed by atoms with Gasteiger partial charge in [-0.3, -0.25) is 4.79 Å². The Bertz CT molecular complexity index is 223. The van der Waals surface area contributed by atoms with Crippen LogP contribution in [0.15, 0.2) is 0 Å². The van der Waals surface area contributed by atoms with Crippen LogP contribution in [-0.4, -0.2) is 29.9 Å². The number of nitrogens with two attached hydrogens (primary N) is 1. The van der Waals surface area contributed by atoms with Crippen molar-refractivity contribution in [2.75, 3.05) is 7.05 Å². The first-order valence-corrected chi connectivity index (χ1v) is 6.10. The molecule has 0 spiro atoms. The maximum atomic E-state index is 11.9. The number of halogens is 1. The first kappa shape index (κ1) is 15.7. The van der Waals surface area contributed by atoms with E-state index in [2.05, 4.69) is 6.92 Å². The Morgan fingerprint density at radius 3 is 2.50 bits per heavy atom. The maximum Gasteiger partial charge on any atom is 0.239 e. The highest BCUT2D eigenvalue weighted by Crippen LogP contribution is 2.27. The van der Waals surface area contributed by atoms with Gasteiger partial charge in [-0.1, -0.05) is 26.7 Å². The van der Waals surface area contributed by atoms with Crippen LogP contribution in [0, 0.1) is 5.92 Å². The molecule has 1 aliphatic carbocycles. The largest absolute Gasteiger partial charge is 0.341 e. The van der Waals surface area contributed by atoms with Gasteiger partial charge >= 0.3 is 0 Å². The summed E-state index contributed by atoms with van der Waals surface area (Å²) in [7, 11) is 1.91. The number of hydrogen-bond acceptors (Lipinski definition) is 2. The molecule has 1 aliphatic rings. The molecule has 1 saturated carbocycles. The smallest absolute Gasteiger partial charge is 0.239 e. The summed E-state index contributed by atoms with van der Waals surface area (Å²) in [5.74, 6) is 0.730. The van der Waals surface area contributed by atoms with Gasteiger partial charge in [0.1, 0.15) is 0 Å². The molecule has 0 radical (unpaired) electrons. The molecule has 3 atom stereocenters. The van der Waals surface area contributed by atoms with E-state index in [9.17, 15) is 4.79 Å². The van der Waals surface area contributed by atoms with E-state index in [0.29, 0.717) is 12.0 Å². The van der Waals surface area contributed by atoms with Gasteiger partial charge < -0.3 is 10.6 Å². The zero-order chi connectivity index (χ0) is 11.4. The van der Waals surface area contributed by atoms with Crippen molar-refractivity contribution < 1.29 is 4.79 Å². The molecule has 1 fully saturated rings. The zero-order valence-corrected chi connectivity index (χ0v) is 11.4. The van der Waals surface area contributed by atoms with E-state index in [1.165, 1.54) is 19.3 Å². The molecule has 0 bridgehead atoms. The average molecular weight is 249 g/mol. The Morgan fingerprint density at radius 1 is 1.44 bits per heavy atom. The predicted octanol–water partition coefficient (Wildman–Crippen LogP) is 2.18. The highest BCUT2D eigenvalue weighted by Gasteiger charge is 2.29. The second kappa shape index (κ2) is 7.13. The molecule has 3 nitrogen and oxygen atoms in total. The van der Waals surface area contributed by atoms with Gasteiger partial charge in [-0.05, 0) is 25.2 Å². The van der Waals surface area contributed by atoms with E-state index in [1.54, 1.807) is 0 Å². The summed E-state index contributed by atoms with van der Waals surface area (Å²) in [5.41, 5.74) is 5.78. The fourth-order valence-corrected chi connectivity index (χ4v) is 2.47. The Morgan fingerprint density at radius 2 is 2.00 bits per heavy atom. The monoisotopic (exact) mass is 248 g/mol. The number of carbonyl (C=O) groups is 1. The van der Waals surface area contributed by atoms with Gasteiger partial charge in [0.15, 0.2) is 0 Å². The highest BCUT2D eigenvalue weighted by atomic mass is 35.5. The van der Waals surface area contributed by atoms with Crippen LogP contribution in [0.3, 0.4) is 0 Å². The molecule has 16 heavy (non-hydrogen) atoms. The first-order valence-electron chi connectivity index (χ1n) is 6.10. The third-order valence-corrected chi connectivity index (χ3v) is 3.67. The minimum absolute atomic E-state index is 0. The second-order valence-electron chi connectivity index (χ2n) is 4.79. The number of amides is 1. The molecule has 2 unspecified atom stereocenters. The van der Waals surface area contributed by atoms with E-state index in [4.69, 9.17) is 5.73 Å². The van der Waals surface area contributed by atoms with E-state index in [-0.39, 0.29) is 24.4 Å². The normalized spacial score (nSPS) is 26.8. The van der Waals surface area contributed by atoms with Gasteiger partial charge in [-0.25, -0.2) is 0 Å². The molecule has 0 aromatic carbocycles. The lowest BCUT2D eigenvalue weighted by Crippen LogP contribution is -2.49. The summed E-state index contributed by atoms with van der Waals surface area (Å²) in [4.78, 5) is 13.8. The summed E-state index contributed by atoms with van der Waals surface area (Å²) in [6.45, 7) is 4.20. The maximum absolute atomic E-state index is 11.9. The fraction of sp³-hybridized carbons (Fsp3) is 0.917. The SMILES string of the molecule is CC[C@H](N)C(=O)N(C)C1CCCCC1C.Cl. The highest BCUT2D eigenvalue weighted by molar-refractivity contribution is 5.85. The summed E-state index contributed by atoms with van der Waals surface area (Å²) in [6.07, 6.45) is 5.65. The number of nitrogens with zero attached hydrogens (tertiary/aromatic N) is 1. The van der Waals surface area contributed by atoms with Crippen molar-refractivity contribution in [3.63, 3.8) is 0 Å². The van der Waals surface area contributed by atoms with E-state index in [0.717, 1.165) is 12.8 Å². The summed E-state index contributed by atoms with van der Waals surface area (Å²) < 4.78 is 0. The predicted molar refractivity (Wildman–Crippen MR) is 69.7 cm³/mol. The molecular formula is C12H25ClN2O. The zero-order valence-electron chi connectivity index (χ0n) is 10.6. The van der Waals surface area contributed by atoms with E-state index >= 15 is 0 Å². The number of rotatable bonds is 3. The van der Waals surface area contributed by atoms with Crippen LogP contribution in [0.4, 0.5) is 0 Å². The van der Waals surface area contributed by atoms with Crippen LogP contribution in [0.25, 0.3) is 0 Å². The lowest BCUT2D eigenvalue weighted by Gasteiger charge is -2.37. The van der Waals surface area contributed by atoms with Crippen LogP contribution >= 0.6 is 12.4 Å². The summed E-state index contributed by atoms with van der Waals surface area (Å²) in [5, 5.41) is 0. The van der Waals surface area contributed by atoms with Crippen molar-refractivity contribution in [2.24, 2.45) is 11.7 Å². The third kappa shape index (κ3) is 3.63. The van der Waals surface area contributed by atoms with Crippen molar-refractivity contribution in [2.45, 2.75) is 58.0 Å². The standard InChI is InChI=1S/C12H24N2O.ClH/c1-4-10(13)12(15)14(3)11-8-6-5-7-9(11)2;/h9-11H,4-8,13H2,1-3H3;1H/t9?,10-,11?;/m0./s1. The average Bonchev–Trinajstić information content (AvgIpc) is 2.26. The lowest BCUT2D eigenvalue weighted by atomic mass is 9.85. The molecule has 0 saturated heterocycles. The molecular weight excluding hydrogens is 224 g/mol. The van der Waals surface area contributed by atoms with Crippen LogP contribution in [0.1, 0.15) is 46.0 Å². The van der Waals surface area contributed by atoms with Crippen molar-refractivity contribution in [1.82, 2.24) is 4.90 Å². The number of hydrogen-bond donors (Lipinski definition) is 1. The minimum atomic E-state index is -0.316. The minimum Gasteiger partial charge on any atom is -0.341 e. The van der Waals surface area contributed by atoms with Crippen molar-refractivity contribution in [3.8, 4) is 0 Å². The summed E-state index contributed by atoms with van der Waals surface area (Å²) >= 11 is 0. The molecule has 0 heterocycles. The van der Waals surface area contributed by atoms with Crippen molar-refractivity contribution in [3.05, 3.63) is 0 Å². The van der Waals surface area contributed by atoms with Crippen molar-refractivity contribution >= 4 is 18.3 Å². The van der Waals surface area contributed by atoms with Gasteiger partial charge in [0.05, 0.1) is 6.04 Å². The Hall–Kier alpha value is -0.280. The van der Waals surface area contributed by atoms with Crippen LogP contribution in [-0.2, 0) is 4.79 Å². The Kier molecular flexibility index (Phi) is 7.00. The van der Waals surface area contributed by atoms with Gasteiger partial charge in [0.25, 0.3) is 0 Å². The molecule has 96 valence electrons. The van der Waals surface area contributed by atoms with Gasteiger partial charge in [0.2, 0.25) is 5.91 Å². The van der Waals surface area contributed by atoms with Gasteiger partial charge in [-0.2, -0.15) is 0 Å². The number of carbonyl (C=O) groups excluding carboxylic acids is 1. The molecule has 0 aliphatic heterocycles. The summed E-state index contributed by atoms with van der Waals surface area (Å²) in [6, 6.07) is 0.0907. The topological polar surface area (TPSA) is 46.3 Å². The van der Waals surface area contributed by atoms with E-state index < -0.39 is 0 Å². The Labute approximate surface area is 105 Å². The van der Waals surface area contributed by atoms with Gasteiger partial charge in [-0.15, -0.1) is 12.4 Å². The first-order chi connectivity index (χ1) is 7.07. The fourth-order valence-electron chi connectivity index (χ4n) is 2.47. The van der Waals surface area contributed by atoms with Gasteiger partial charge in [0, 0.05) is 13.1 Å². The lowest BCUT2D eigenvalue weighted by molar-refractivity contribution is -0.135. The van der Waals surface area contributed by atoms with Crippen molar-refractivity contribution in [1.29, 1.82) is 0 Å². The van der Waals surface area contributed by atoms with Crippen LogP contribution in [0.5, 0.6) is 0 Å². The molecule has 2 N–H and O–H groups in total. The molecule has 4 heteroatoms. The number of likely N-dealkylation sites (N-methyl/N-ethyl adjacent to an activating group) is 1. The third-order valence-electron chi connectivity index (χ3n) is 3.67. The molecule has 0 aromatic rings. The second-order valence-corrected chi connectivity index (χ2v) is 4.79.